The molecule has 25 heavy (non-hydrogen) atoms. The molecule has 0 rings (SSSR count). The molecule has 0 saturated heterocycles. The summed E-state index contributed by atoms with van der Waals surface area (Å²) in [4.78, 5) is 23.0. The highest BCUT2D eigenvalue weighted by molar-refractivity contribution is 5.77. The van der Waals surface area contributed by atoms with E-state index in [4.69, 9.17) is 4.74 Å². The Hall–Kier alpha value is -1.06. The first-order chi connectivity index (χ1) is 11.8. The largest absolute Gasteiger partial charge is 0.479 e. The zero-order valence-electron chi connectivity index (χ0n) is 16.9. The van der Waals surface area contributed by atoms with Crippen molar-refractivity contribution < 1.29 is 19.4 Å². The van der Waals surface area contributed by atoms with Crippen molar-refractivity contribution in [3.63, 3.8) is 0 Å². The SMILES string of the molecule is CCCCCCCC(=O)OC(CCCCCCCC(C)(C)C)C(=O)O. The third kappa shape index (κ3) is 16.2. The van der Waals surface area contributed by atoms with Gasteiger partial charge in [0.25, 0.3) is 0 Å². The van der Waals surface area contributed by atoms with E-state index in [-0.39, 0.29) is 5.97 Å². The molecule has 0 aromatic rings. The van der Waals surface area contributed by atoms with Gasteiger partial charge in [0.1, 0.15) is 0 Å². The summed E-state index contributed by atoms with van der Waals surface area (Å²) in [6.07, 6.45) is 11.6. The maximum atomic E-state index is 11.8. The molecule has 0 aromatic carbocycles. The van der Waals surface area contributed by atoms with Gasteiger partial charge in [-0.3, -0.25) is 4.79 Å². The fourth-order valence-corrected chi connectivity index (χ4v) is 2.84. The van der Waals surface area contributed by atoms with Gasteiger partial charge in [-0.1, -0.05) is 79.1 Å². The molecule has 0 aliphatic rings. The van der Waals surface area contributed by atoms with Gasteiger partial charge in [0.2, 0.25) is 0 Å². The van der Waals surface area contributed by atoms with E-state index in [1.54, 1.807) is 0 Å². The van der Waals surface area contributed by atoms with Crippen molar-refractivity contribution in [2.45, 2.75) is 117 Å². The van der Waals surface area contributed by atoms with Crippen molar-refractivity contribution in [3.05, 3.63) is 0 Å². The molecule has 1 unspecified atom stereocenters. The van der Waals surface area contributed by atoms with Crippen LogP contribution < -0.4 is 0 Å². The van der Waals surface area contributed by atoms with Gasteiger partial charge in [-0.15, -0.1) is 0 Å². The molecule has 0 radical (unpaired) electrons. The van der Waals surface area contributed by atoms with Crippen molar-refractivity contribution in [2.75, 3.05) is 0 Å². The predicted molar refractivity (Wildman–Crippen MR) is 103 cm³/mol. The van der Waals surface area contributed by atoms with E-state index >= 15 is 0 Å². The topological polar surface area (TPSA) is 63.6 Å². The van der Waals surface area contributed by atoms with Gasteiger partial charge in [-0.25, -0.2) is 4.79 Å². The molecule has 0 heterocycles. The van der Waals surface area contributed by atoms with Gasteiger partial charge in [0.15, 0.2) is 6.10 Å². The second-order valence-corrected chi connectivity index (χ2v) is 8.35. The standard InChI is InChI=1S/C21H40O4/c1-5-6-7-9-13-16-19(22)25-18(20(23)24)15-12-10-8-11-14-17-21(2,3)4/h18H,5-17H2,1-4H3,(H,23,24). The zero-order valence-corrected chi connectivity index (χ0v) is 16.9. The molecule has 1 atom stereocenters. The summed E-state index contributed by atoms with van der Waals surface area (Å²) in [5.41, 5.74) is 0.388. The Labute approximate surface area is 154 Å². The molecule has 0 aliphatic carbocycles. The minimum Gasteiger partial charge on any atom is -0.479 e. The normalized spacial score (nSPS) is 12.8. The Morgan fingerprint density at radius 1 is 0.880 bits per heavy atom. The summed E-state index contributed by atoms with van der Waals surface area (Å²) >= 11 is 0. The molecule has 4 nitrogen and oxygen atoms in total. The first-order valence-corrected chi connectivity index (χ1v) is 10.2. The van der Waals surface area contributed by atoms with Crippen molar-refractivity contribution in [3.8, 4) is 0 Å². The molecule has 0 fully saturated rings. The average molecular weight is 357 g/mol. The monoisotopic (exact) mass is 356 g/mol. The number of carboxylic acid groups (broad SMARTS) is 1. The summed E-state index contributed by atoms with van der Waals surface area (Å²) in [6.45, 7) is 8.91. The van der Waals surface area contributed by atoms with Gasteiger partial charge >= 0.3 is 11.9 Å². The molecule has 0 bridgehead atoms. The fraction of sp³-hybridized carbons (Fsp3) is 0.905. The highest BCUT2D eigenvalue weighted by Gasteiger charge is 2.21. The summed E-state index contributed by atoms with van der Waals surface area (Å²) in [5.74, 6) is -1.39. The molecule has 0 aliphatic heterocycles. The maximum Gasteiger partial charge on any atom is 0.345 e. The smallest absolute Gasteiger partial charge is 0.345 e. The lowest BCUT2D eigenvalue weighted by atomic mass is 9.89. The van der Waals surface area contributed by atoms with Crippen LogP contribution >= 0.6 is 0 Å². The average Bonchev–Trinajstić information content (AvgIpc) is 2.51. The van der Waals surface area contributed by atoms with Gasteiger partial charge < -0.3 is 9.84 Å². The minimum absolute atomic E-state index is 0.334. The van der Waals surface area contributed by atoms with Crippen LogP contribution in [0.5, 0.6) is 0 Å². The Bertz CT molecular complexity index is 357. The number of esters is 1. The number of carboxylic acids is 1. The van der Waals surface area contributed by atoms with Crippen LogP contribution in [0.2, 0.25) is 0 Å². The first-order valence-electron chi connectivity index (χ1n) is 10.2. The first kappa shape index (κ1) is 23.9. The Morgan fingerprint density at radius 3 is 2.04 bits per heavy atom. The van der Waals surface area contributed by atoms with Crippen LogP contribution in [0.3, 0.4) is 0 Å². The van der Waals surface area contributed by atoms with Gasteiger partial charge in [0, 0.05) is 6.42 Å². The summed E-state index contributed by atoms with van der Waals surface area (Å²) in [7, 11) is 0. The molecular formula is C21H40O4. The van der Waals surface area contributed by atoms with Crippen molar-refractivity contribution in [2.24, 2.45) is 5.41 Å². The Morgan fingerprint density at radius 2 is 1.44 bits per heavy atom. The fourth-order valence-electron chi connectivity index (χ4n) is 2.84. The number of hydrogen-bond donors (Lipinski definition) is 1. The van der Waals surface area contributed by atoms with Gasteiger partial charge in [-0.2, -0.15) is 0 Å². The second-order valence-electron chi connectivity index (χ2n) is 8.35. The van der Waals surface area contributed by atoms with E-state index in [0.717, 1.165) is 38.5 Å². The number of carbonyl (C=O) groups is 2. The Balaban J connectivity index is 3.80. The van der Waals surface area contributed by atoms with Crippen LogP contribution in [-0.2, 0) is 14.3 Å². The Kier molecular flexibility index (Phi) is 13.5. The highest BCUT2D eigenvalue weighted by Crippen LogP contribution is 2.22. The number of aliphatic carboxylic acids is 1. The number of ether oxygens (including phenoxy) is 1. The summed E-state index contributed by atoms with van der Waals surface area (Å²) in [6, 6.07) is 0. The number of carbonyl (C=O) groups excluding carboxylic acids is 1. The van der Waals surface area contributed by atoms with E-state index in [9.17, 15) is 14.7 Å². The number of hydrogen-bond acceptors (Lipinski definition) is 3. The lowest BCUT2D eigenvalue weighted by molar-refractivity contribution is -0.164. The number of unbranched alkanes of at least 4 members (excludes halogenated alkanes) is 8. The molecule has 1 N–H and O–H groups in total. The third-order valence-corrected chi connectivity index (χ3v) is 4.43. The molecule has 0 amide bonds. The molecule has 0 spiro atoms. The van der Waals surface area contributed by atoms with Crippen LogP contribution in [0.25, 0.3) is 0 Å². The van der Waals surface area contributed by atoms with Crippen molar-refractivity contribution in [1.29, 1.82) is 0 Å². The highest BCUT2D eigenvalue weighted by atomic mass is 16.6. The van der Waals surface area contributed by atoms with Crippen molar-refractivity contribution >= 4 is 11.9 Å². The predicted octanol–water partition coefficient (Wildman–Crippen LogP) is 6.12. The minimum atomic E-state index is -1.02. The van der Waals surface area contributed by atoms with Gasteiger partial charge in [-0.05, 0) is 31.1 Å². The lowest BCUT2D eigenvalue weighted by Gasteiger charge is -2.17. The molecule has 0 aromatic heterocycles. The second kappa shape index (κ2) is 14.1. The van der Waals surface area contributed by atoms with E-state index < -0.39 is 12.1 Å². The summed E-state index contributed by atoms with van der Waals surface area (Å²) in [5, 5.41) is 9.22. The van der Waals surface area contributed by atoms with E-state index in [0.29, 0.717) is 18.3 Å². The molecular weight excluding hydrogens is 316 g/mol. The van der Waals surface area contributed by atoms with E-state index in [1.165, 1.54) is 32.1 Å². The van der Waals surface area contributed by atoms with Crippen LogP contribution in [-0.4, -0.2) is 23.1 Å². The third-order valence-electron chi connectivity index (χ3n) is 4.43. The van der Waals surface area contributed by atoms with E-state index in [2.05, 4.69) is 27.7 Å². The van der Waals surface area contributed by atoms with Crippen LogP contribution in [0.4, 0.5) is 0 Å². The quantitative estimate of drug-likeness (QED) is 0.283. The molecule has 0 saturated carbocycles. The maximum absolute atomic E-state index is 11.8. The van der Waals surface area contributed by atoms with Crippen LogP contribution in [0, 0.1) is 5.41 Å². The zero-order chi connectivity index (χ0) is 19.1. The van der Waals surface area contributed by atoms with E-state index in [1.807, 2.05) is 0 Å². The van der Waals surface area contributed by atoms with Gasteiger partial charge in [0.05, 0.1) is 0 Å². The van der Waals surface area contributed by atoms with Crippen LogP contribution in [0.1, 0.15) is 111 Å². The molecule has 148 valence electrons. The summed E-state index contributed by atoms with van der Waals surface area (Å²) < 4.78 is 5.15. The van der Waals surface area contributed by atoms with Crippen LogP contribution in [0.15, 0.2) is 0 Å². The molecule has 4 heteroatoms. The van der Waals surface area contributed by atoms with Crippen molar-refractivity contribution in [1.82, 2.24) is 0 Å². The number of rotatable bonds is 15. The lowest BCUT2D eigenvalue weighted by Crippen LogP contribution is -2.27.